The zero-order valence-electron chi connectivity index (χ0n) is 12.6. The molecule has 0 radical (unpaired) electrons. The molecule has 21 heavy (non-hydrogen) atoms. The number of hydrogen-bond acceptors (Lipinski definition) is 5. The number of aromatic nitrogens is 1. The molecule has 0 aliphatic carbocycles. The third-order valence-electron chi connectivity index (χ3n) is 3.74. The van der Waals surface area contributed by atoms with Gasteiger partial charge in [-0.3, -0.25) is 0 Å². The maximum absolute atomic E-state index is 5.83. The predicted octanol–water partition coefficient (Wildman–Crippen LogP) is 3.07. The molecule has 5 heteroatoms. The fourth-order valence-electron chi connectivity index (χ4n) is 2.62. The van der Waals surface area contributed by atoms with Crippen molar-refractivity contribution in [2.75, 3.05) is 7.11 Å². The Kier molecular flexibility index (Phi) is 4.12. The van der Waals surface area contributed by atoms with Crippen LogP contribution in [0.4, 0.5) is 0 Å². The number of thiazole rings is 1. The summed E-state index contributed by atoms with van der Waals surface area (Å²) >= 11 is 1.69. The molecule has 1 atom stereocenters. The second-order valence-corrected chi connectivity index (χ2v) is 6.31. The number of hydrogen-bond donors (Lipinski definition) is 1. The van der Waals surface area contributed by atoms with Gasteiger partial charge in [0.1, 0.15) is 17.6 Å². The Morgan fingerprint density at radius 3 is 3.00 bits per heavy atom. The van der Waals surface area contributed by atoms with E-state index in [0.29, 0.717) is 0 Å². The van der Waals surface area contributed by atoms with Crippen molar-refractivity contribution in [3.63, 3.8) is 0 Å². The first-order valence-electron chi connectivity index (χ1n) is 7.13. The van der Waals surface area contributed by atoms with Crippen molar-refractivity contribution in [2.45, 2.75) is 39.5 Å². The third-order valence-corrected chi connectivity index (χ3v) is 4.68. The summed E-state index contributed by atoms with van der Waals surface area (Å²) in [6, 6.07) is 4.21. The van der Waals surface area contributed by atoms with Crippen molar-refractivity contribution in [3.8, 4) is 11.5 Å². The average Bonchev–Trinajstić information content (AvgIpc) is 3.02. The van der Waals surface area contributed by atoms with Crippen molar-refractivity contribution in [2.24, 2.45) is 0 Å². The molecule has 2 aromatic rings. The van der Waals surface area contributed by atoms with Gasteiger partial charge in [0.05, 0.1) is 18.3 Å². The summed E-state index contributed by atoms with van der Waals surface area (Å²) in [4.78, 5) is 5.54. The Hall–Kier alpha value is -1.59. The molecule has 1 aliphatic rings. The second-order valence-electron chi connectivity index (χ2n) is 5.37. The maximum Gasteiger partial charge on any atom is 0.123 e. The van der Waals surface area contributed by atoms with Gasteiger partial charge in [0.25, 0.3) is 0 Å². The topological polar surface area (TPSA) is 43.4 Å². The molecule has 2 heterocycles. The summed E-state index contributed by atoms with van der Waals surface area (Å²) in [5, 5.41) is 3.46. The fraction of sp³-hybridized carbons (Fsp3) is 0.438. The number of nitrogens with one attached hydrogen (secondary N) is 1. The predicted molar refractivity (Wildman–Crippen MR) is 84.2 cm³/mol. The van der Waals surface area contributed by atoms with Gasteiger partial charge < -0.3 is 14.8 Å². The first-order chi connectivity index (χ1) is 10.2. The first kappa shape index (κ1) is 14.4. The van der Waals surface area contributed by atoms with Gasteiger partial charge in [-0.15, -0.1) is 11.3 Å². The molecule has 1 aromatic heterocycles. The van der Waals surface area contributed by atoms with E-state index >= 15 is 0 Å². The minimum absolute atomic E-state index is 0.257. The van der Waals surface area contributed by atoms with Crippen LogP contribution in [0, 0.1) is 6.92 Å². The van der Waals surface area contributed by atoms with E-state index in [2.05, 4.69) is 29.4 Å². The van der Waals surface area contributed by atoms with Crippen molar-refractivity contribution in [3.05, 3.63) is 39.3 Å². The van der Waals surface area contributed by atoms with E-state index in [0.717, 1.165) is 42.3 Å². The SMILES string of the molecule is COc1cc2c(cc1CNCc1scnc1C)OC(C)C2. The number of fused-ring (bicyclic) bond motifs is 1. The Morgan fingerprint density at radius 2 is 2.29 bits per heavy atom. The van der Waals surface area contributed by atoms with Gasteiger partial charge in [-0.25, -0.2) is 4.98 Å². The van der Waals surface area contributed by atoms with Crippen LogP contribution in [0.1, 0.15) is 28.6 Å². The lowest BCUT2D eigenvalue weighted by Gasteiger charge is -2.12. The van der Waals surface area contributed by atoms with Crippen LogP contribution in [0.3, 0.4) is 0 Å². The van der Waals surface area contributed by atoms with Gasteiger partial charge in [0.2, 0.25) is 0 Å². The summed E-state index contributed by atoms with van der Waals surface area (Å²) in [5.74, 6) is 1.93. The second kappa shape index (κ2) is 6.03. The third kappa shape index (κ3) is 3.04. The zero-order chi connectivity index (χ0) is 14.8. The van der Waals surface area contributed by atoms with E-state index in [1.54, 1.807) is 18.4 Å². The molecule has 0 amide bonds. The number of rotatable bonds is 5. The van der Waals surface area contributed by atoms with Crippen LogP contribution in [0.5, 0.6) is 11.5 Å². The van der Waals surface area contributed by atoms with E-state index in [1.807, 2.05) is 12.4 Å². The highest BCUT2D eigenvalue weighted by molar-refractivity contribution is 7.09. The minimum atomic E-state index is 0.257. The van der Waals surface area contributed by atoms with Crippen LogP contribution < -0.4 is 14.8 Å². The molecular weight excluding hydrogens is 284 g/mol. The smallest absolute Gasteiger partial charge is 0.123 e. The highest BCUT2D eigenvalue weighted by Crippen LogP contribution is 2.34. The standard InChI is InChI=1S/C16H20N2O2S/c1-10-4-12-5-14(19-3)13(6-15(12)20-10)7-17-8-16-11(2)18-9-21-16/h5-6,9-10,17H,4,7-8H2,1-3H3. The summed E-state index contributed by atoms with van der Waals surface area (Å²) in [6.07, 6.45) is 1.21. The Labute approximate surface area is 129 Å². The van der Waals surface area contributed by atoms with Gasteiger partial charge in [-0.1, -0.05) is 0 Å². The van der Waals surface area contributed by atoms with E-state index in [-0.39, 0.29) is 6.10 Å². The normalized spacial score (nSPS) is 16.6. The highest BCUT2D eigenvalue weighted by atomic mass is 32.1. The molecule has 1 aromatic carbocycles. The lowest BCUT2D eigenvalue weighted by Crippen LogP contribution is -2.13. The average molecular weight is 304 g/mol. The molecule has 1 N–H and O–H groups in total. The first-order valence-corrected chi connectivity index (χ1v) is 8.01. The van der Waals surface area contributed by atoms with Crippen LogP contribution in [0.2, 0.25) is 0 Å². The molecule has 112 valence electrons. The summed E-state index contributed by atoms with van der Waals surface area (Å²) in [6.45, 7) is 5.72. The summed E-state index contributed by atoms with van der Waals surface area (Å²) in [5.41, 5.74) is 5.36. The monoisotopic (exact) mass is 304 g/mol. The molecule has 0 fully saturated rings. The quantitative estimate of drug-likeness (QED) is 0.922. The molecule has 3 rings (SSSR count). The molecule has 0 bridgehead atoms. The van der Waals surface area contributed by atoms with E-state index < -0.39 is 0 Å². The largest absolute Gasteiger partial charge is 0.496 e. The van der Waals surface area contributed by atoms with Crippen LogP contribution in [0.25, 0.3) is 0 Å². The van der Waals surface area contributed by atoms with Crippen LogP contribution in [0.15, 0.2) is 17.6 Å². The molecule has 0 saturated carbocycles. The number of benzene rings is 1. The fourth-order valence-corrected chi connectivity index (χ4v) is 3.36. The zero-order valence-corrected chi connectivity index (χ0v) is 13.4. The lowest BCUT2D eigenvalue weighted by molar-refractivity contribution is 0.254. The Balaban J connectivity index is 1.70. The van der Waals surface area contributed by atoms with E-state index in [9.17, 15) is 0 Å². The van der Waals surface area contributed by atoms with Crippen LogP contribution >= 0.6 is 11.3 Å². The molecule has 0 saturated heterocycles. The molecule has 1 aliphatic heterocycles. The number of ether oxygens (including phenoxy) is 2. The van der Waals surface area contributed by atoms with Crippen LogP contribution in [-0.2, 0) is 19.5 Å². The summed E-state index contributed by atoms with van der Waals surface area (Å²) in [7, 11) is 1.72. The van der Waals surface area contributed by atoms with E-state index in [4.69, 9.17) is 9.47 Å². The molecule has 0 spiro atoms. The van der Waals surface area contributed by atoms with Gasteiger partial charge >= 0.3 is 0 Å². The van der Waals surface area contributed by atoms with Gasteiger partial charge in [0.15, 0.2) is 0 Å². The van der Waals surface area contributed by atoms with Crippen molar-refractivity contribution >= 4 is 11.3 Å². The van der Waals surface area contributed by atoms with Gasteiger partial charge in [0, 0.05) is 35.5 Å². The van der Waals surface area contributed by atoms with Gasteiger partial charge in [-0.2, -0.15) is 0 Å². The van der Waals surface area contributed by atoms with Crippen LogP contribution in [-0.4, -0.2) is 18.2 Å². The number of methoxy groups -OCH3 is 1. The number of aryl methyl sites for hydroxylation is 1. The Morgan fingerprint density at radius 1 is 1.43 bits per heavy atom. The molecule has 1 unspecified atom stereocenters. The van der Waals surface area contributed by atoms with Crippen molar-refractivity contribution in [1.29, 1.82) is 0 Å². The highest BCUT2D eigenvalue weighted by Gasteiger charge is 2.21. The van der Waals surface area contributed by atoms with Crippen molar-refractivity contribution in [1.82, 2.24) is 10.3 Å². The maximum atomic E-state index is 5.83. The molecule has 4 nitrogen and oxygen atoms in total. The molecular formula is C16H20N2O2S. The summed E-state index contributed by atoms with van der Waals surface area (Å²) < 4.78 is 11.3. The van der Waals surface area contributed by atoms with Crippen molar-refractivity contribution < 1.29 is 9.47 Å². The lowest BCUT2D eigenvalue weighted by atomic mass is 10.1. The minimum Gasteiger partial charge on any atom is -0.496 e. The Bertz CT molecular complexity index is 639. The number of nitrogens with zero attached hydrogens (tertiary/aromatic N) is 1. The van der Waals surface area contributed by atoms with Gasteiger partial charge in [-0.05, 0) is 26.0 Å². The van der Waals surface area contributed by atoms with E-state index in [1.165, 1.54) is 10.4 Å².